The van der Waals surface area contributed by atoms with Gasteiger partial charge in [0.2, 0.25) is 0 Å². The summed E-state index contributed by atoms with van der Waals surface area (Å²) < 4.78 is 37.3. The smallest absolute Gasteiger partial charge is 0.180 e. The van der Waals surface area contributed by atoms with Gasteiger partial charge < -0.3 is 35.9 Å². The third-order valence-corrected chi connectivity index (χ3v) is 28.9. The van der Waals surface area contributed by atoms with Crippen LogP contribution < -0.4 is 0 Å². The molecule has 15 heteroatoms. The molecule has 0 aliphatic heterocycles. The molecule has 19 aromatic carbocycles. The maximum absolute atomic E-state index is 6.33. The van der Waals surface area contributed by atoms with Gasteiger partial charge in [-0.1, -0.05) is 255 Å². The third kappa shape index (κ3) is 12.8. The molecule has 0 unspecified atom stereocenters. The summed E-state index contributed by atoms with van der Waals surface area (Å²) in [7, 11) is 0. The van der Waals surface area contributed by atoms with Crippen molar-refractivity contribution in [3.05, 3.63) is 449 Å². The Balaban J connectivity index is 0.000000102. The summed E-state index contributed by atoms with van der Waals surface area (Å²) in [5.74, 6) is 2.00. The molecule has 0 amide bonds. The van der Waals surface area contributed by atoms with Crippen molar-refractivity contribution in [1.29, 1.82) is 0 Å². The maximum atomic E-state index is 6.33. The molecule has 0 aliphatic carbocycles. The van der Waals surface area contributed by atoms with Crippen molar-refractivity contribution in [2.75, 3.05) is 0 Å². The van der Waals surface area contributed by atoms with Gasteiger partial charge >= 0.3 is 0 Å². The largest absolute Gasteiger partial charge is 0.456 e. The van der Waals surface area contributed by atoms with Crippen LogP contribution in [0.3, 0.4) is 0 Å². The third-order valence-electron chi connectivity index (χ3n) is 27.8. The fourth-order valence-corrected chi connectivity index (χ4v) is 22.4. The van der Waals surface area contributed by atoms with Crippen molar-refractivity contribution >= 4 is 207 Å². The molecule has 0 N–H and O–H groups in total. The molecule has 31 rings (SSSR count). The predicted molar refractivity (Wildman–Crippen MR) is 578 cm³/mol. The zero-order valence-electron chi connectivity index (χ0n) is 75.2. The molecule has 0 bridgehead atoms. The number of hydrogen-bond donors (Lipinski definition) is 0. The highest BCUT2D eigenvalue weighted by molar-refractivity contribution is 7.25. The molecule has 0 spiro atoms. The van der Waals surface area contributed by atoms with Crippen molar-refractivity contribution < 1.29 is 17.7 Å². The van der Waals surface area contributed by atoms with Crippen LogP contribution in [0.5, 0.6) is 0 Å². The quantitative estimate of drug-likeness (QED) is 0.129. The van der Waals surface area contributed by atoms with Gasteiger partial charge in [0.05, 0.1) is 44.1 Å². The van der Waals surface area contributed by atoms with Crippen LogP contribution in [0.1, 0.15) is 0 Å². The first-order valence-electron chi connectivity index (χ1n) is 47.2. The van der Waals surface area contributed by atoms with E-state index in [2.05, 4.69) is 346 Å². The van der Waals surface area contributed by atoms with E-state index in [9.17, 15) is 0 Å². The Labute approximate surface area is 806 Å². The summed E-state index contributed by atoms with van der Waals surface area (Å²) in [5, 5.41) is 17.7. The minimum Gasteiger partial charge on any atom is -0.456 e. The molecule has 0 radical (unpaired) electrons. The summed E-state index contributed by atoms with van der Waals surface area (Å²) in [6.07, 6.45) is 0. The van der Waals surface area contributed by atoms with Gasteiger partial charge in [-0.15, -0.1) is 11.3 Å². The molecule has 0 aliphatic rings. The Bertz CT molecular complexity index is 10100. The molecule has 0 saturated heterocycles. The standard InChI is InChI=1S/C46H28N4O.C40H23N3O2.C40H23N3OS/c1-3-13-29(14-4-1)43-45-44(35-19-9-12-22-42(35)51-45)48-46(47-43)30-23-25-32(26-24-30)50-39-21-11-8-18-34(39)37-27-36-33-17-7-10-20-38(33)49(40(36)28-41(37)50)31-15-5-2-6-16-31;1-2-10-24(11-3-1)37-39-38(29-14-6-9-17-35(29)45-39)42-40(41-37)25-18-20-26(21-19-25)43-32-15-7-4-12-27(32)30-22-31-28-13-5-8-16-34(28)44-36(31)23-33(30)43;1-2-10-24(11-3-1)37-39-38(29-14-5-8-16-34(29)44-39)42-40(41-37)25-18-20-26(21-19-25)43-32-15-7-4-12-27(32)30-22-31-28-13-6-9-17-35(28)45-36(31)23-33(30)43/h1-28H;2*1-23H. The van der Waals surface area contributed by atoms with Crippen molar-refractivity contribution in [2.45, 2.75) is 0 Å². The van der Waals surface area contributed by atoms with E-state index in [0.717, 1.165) is 167 Å². The van der Waals surface area contributed by atoms with E-state index in [1.165, 1.54) is 85.3 Å². The molecule has 31 aromatic rings. The molecule has 0 saturated carbocycles. The minimum atomic E-state index is 0.658. The summed E-state index contributed by atoms with van der Waals surface area (Å²) in [5.41, 5.74) is 30.7. The second-order valence-corrected chi connectivity index (χ2v) is 36.9. The lowest BCUT2D eigenvalue weighted by Crippen LogP contribution is -1.97. The topological polar surface area (TPSA) is 150 Å². The number of nitrogens with zero attached hydrogens (tertiary/aromatic N) is 10. The second kappa shape index (κ2) is 31.8. The van der Waals surface area contributed by atoms with Gasteiger partial charge in [0.1, 0.15) is 61.5 Å². The molecule has 141 heavy (non-hydrogen) atoms. The lowest BCUT2D eigenvalue weighted by molar-refractivity contribution is 0.667. The zero-order valence-corrected chi connectivity index (χ0v) is 76.1. The molecule has 12 aromatic heterocycles. The number of aromatic nitrogens is 10. The molecule has 0 atom stereocenters. The SMILES string of the molecule is c1ccc(-c2nc(-c3ccc(-n4c5ccccc5c5cc6c(cc54)oc4ccccc46)cc3)nc3c2oc2ccccc23)cc1.c1ccc(-c2nc(-c3ccc(-n4c5ccccc5c5cc6c(cc54)sc4ccccc46)cc3)nc3c2oc2ccccc23)cc1.c1ccc(-c2nc(-c3ccc(-n4c5ccccc5c5cc6c7ccccc7n(-c7ccccc7)c6cc54)cc3)nc3c2oc2ccccc23)cc1. The fourth-order valence-electron chi connectivity index (χ4n) is 21.3. The van der Waals surface area contributed by atoms with Crippen LogP contribution in [-0.2, 0) is 0 Å². The van der Waals surface area contributed by atoms with Crippen molar-refractivity contribution in [3.63, 3.8) is 0 Å². The van der Waals surface area contributed by atoms with Crippen LogP contribution >= 0.6 is 11.3 Å². The molecular formula is C126H74N10O4S. The Morgan fingerprint density at radius 3 is 0.830 bits per heavy atom. The van der Waals surface area contributed by atoms with E-state index in [4.69, 9.17) is 47.6 Å². The lowest BCUT2D eigenvalue weighted by atomic mass is 10.1. The maximum Gasteiger partial charge on any atom is 0.180 e. The van der Waals surface area contributed by atoms with Crippen molar-refractivity contribution in [3.8, 4) is 90.7 Å². The molecular weight excluding hydrogens is 1750 g/mol. The number of thiophene rings is 1. The number of rotatable bonds is 10. The molecule has 0 fully saturated rings. The van der Waals surface area contributed by atoms with Gasteiger partial charge in [0, 0.05) is 152 Å². The Morgan fingerprint density at radius 2 is 0.447 bits per heavy atom. The molecule has 14 nitrogen and oxygen atoms in total. The average Bonchev–Trinajstić information content (AvgIpc) is 1.56. The van der Waals surface area contributed by atoms with E-state index >= 15 is 0 Å². The van der Waals surface area contributed by atoms with Crippen LogP contribution in [-0.4, -0.2) is 48.2 Å². The number of furan rings is 4. The number of para-hydroxylation sites is 9. The first kappa shape index (κ1) is 79.4. The first-order chi connectivity index (χ1) is 69.9. The highest BCUT2D eigenvalue weighted by Gasteiger charge is 2.27. The Morgan fingerprint density at radius 1 is 0.163 bits per heavy atom. The van der Waals surface area contributed by atoms with Gasteiger partial charge in [-0.25, -0.2) is 29.9 Å². The Hall–Kier alpha value is -19.0. The molecule has 12 heterocycles. The number of fused-ring (bicyclic) bond motifs is 27. The zero-order chi connectivity index (χ0) is 92.4. The Kier molecular flexibility index (Phi) is 17.9. The highest BCUT2D eigenvalue weighted by Crippen LogP contribution is 2.48. The van der Waals surface area contributed by atoms with E-state index < -0.39 is 0 Å². The van der Waals surface area contributed by atoms with Gasteiger partial charge in [-0.3, -0.25) is 0 Å². The van der Waals surface area contributed by atoms with E-state index in [-0.39, 0.29) is 0 Å². The van der Waals surface area contributed by atoms with Gasteiger partial charge in [-0.05, 0) is 188 Å². The fraction of sp³-hybridized carbons (Fsp3) is 0. The van der Waals surface area contributed by atoms with E-state index in [1.54, 1.807) is 0 Å². The van der Waals surface area contributed by atoms with Gasteiger partial charge in [0.15, 0.2) is 34.2 Å². The lowest BCUT2D eigenvalue weighted by Gasteiger charge is -2.11. The van der Waals surface area contributed by atoms with Crippen LogP contribution in [0.4, 0.5) is 0 Å². The van der Waals surface area contributed by atoms with Crippen LogP contribution in [0.15, 0.2) is 467 Å². The summed E-state index contributed by atoms with van der Waals surface area (Å²) in [4.78, 5) is 30.4. The average molecular weight is 1820 g/mol. The van der Waals surface area contributed by atoms with Crippen LogP contribution in [0.2, 0.25) is 0 Å². The summed E-state index contributed by atoms with van der Waals surface area (Å²) in [6, 6.07) is 157. The first-order valence-corrected chi connectivity index (χ1v) is 48.0. The van der Waals surface area contributed by atoms with Gasteiger partial charge in [0.25, 0.3) is 0 Å². The second-order valence-electron chi connectivity index (χ2n) is 35.8. The van der Waals surface area contributed by atoms with Crippen LogP contribution in [0, 0.1) is 0 Å². The monoisotopic (exact) mass is 1820 g/mol. The van der Waals surface area contributed by atoms with E-state index in [1.807, 2.05) is 133 Å². The highest BCUT2D eigenvalue weighted by atomic mass is 32.1. The van der Waals surface area contributed by atoms with E-state index in [0.29, 0.717) is 34.2 Å². The van der Waals surface area contributed by atoms with Gasteiger partial charge in [-0.2, -0.15) is 0 Å². The molecule has 658 valence electrons. The normalized spacial score (nSPS) is 12.0. The number of hydrogen-bond acceptors (Lipinski definition) is 11. The minimum absolute atomic E-state index is 0.658. The summed E-state index contributed by atoms with van der Waals surface area (Å²) in [6.45, 7) is 0. The van der Waals surface area contributed by atoms with Crippen molar-refractivity contribution in [2.24, 2.45) is 0 Å². The van der Waals surface area contributed by atoms with Crippen molar-refractivity contribution in [1.82, 2.24) is 48.2 Å². The van der Waals surface area contributed by atoms with Crippen LogP contribution in [0.25, 0.3) is 286 Å². The number of benzene rings is 19. The predicted octanol–water partition coefficient (Wildman–Crippen LogP) is 33.8. The summed E-state index contributed by atoms with van der Waals surface area (Å²) >= 11 is 1.85.